The van der Waals surface area contributed by atoms with Crippen LogP contribution in [0, 0.1) is 12.5 Å². The Morgan fingerprint density at radius 3 is 2.85 bits per heavy atom. The Morgan fingerprint density at radius 1 is 1.35 bits per heavy atom. The molecule has 0 saturated carbocycles. The summed E-state index contributed by atoms with van der Waals surface area (Å²) >= 11 is 0. The number of aliphatic hydroxyl groups is 1. The van der Waals surface area contributed by atoms with E-state index in [-0.39, 0.29) is 12.2 Å². The number of anilines is 1. The van der Waals surface area contributed by atoms with Gasteiger partial charge >= 0.3 is 0 Å². The summed E-state index contributed by atoms with van der Waals surface area (Å²) < 4.78 is 0. The van der Waals surface area contributed by atoms with Crippen LogP contribution in [0.1, 0.15) is 32.6 Å². The molecule has 0 spiro atoms. The van der Waals surface area contributed by atoms with Crippen LogP contribution >= 0.6 is 0 Å². The minimum Gasteiger partial charge on any atom is -0.385 e. The van der Waals surface area contributed by atoms with Crippen molar-refractivity contribution in [2.45, 2.75) is 38.2 Å². The van der Waals surface area contributed by atoms with Crippen molar-refractivity contribution < 1.29 is 9.90 Å². The highest BCUT2D eigenvalue weighted by atomic mass is 16.3. The summed E-state index contributed by atoms with van der Waals surface area (Å²) in [5.74, 6) is 0.446. The van der Waals surface area contributed by atoms with Crippen molar-refractivity contribution in [3.63, 3.8) is 0 Å². The molecule has 5 nitrogen and oxygen atoms in total. The van der Waals surface area contributed by atoms with Crippen LogP contribution in [0.15, 0.2) is 40.4 Å². The molecule has 1 unspecified atom stereocenters. The Bertz CT molecular complexity index is 852. The van der Waals surface area contributed by atoms with Crippen LogP contribution in [0.4, 0.5) is 11.4 Å². The minimum absolute atomic E-state index is 0.111. The first-order chi connectivity index (χ1) is 12.5. The predicted octanol–water partition coefficient (Wildman–Crippen LogP) is 3.32. The Hall–Kier alpha value is -2.45. The van der Waals surface area contributed by atoms with Gasteiger partial charge in [-0.1, -0.05) is 12.1 Å². The molecule has 1 saturated heterocycles. The Balaban J connectivity index is 1.49. The average Bonchev–Trinajstić information content (AvgIpc) is 3.06. The zero-order chi connectivity index (χ0) is 18.3. The van der Waals surface area contributed by atoms with E-state index < -0.39 is 5.60 Å². The number of piperidine rings is 1. The van der Waals surface area contributed by atoms with E-state index in [0.29, 0.717) is 24.6 Å². The molecule has 1 N–H and O–H groups in total. The summed E-state index contributed by atoms with van der Waals surface area (Å²) in [7, 11) is 0. The molecule has 2 heterocycles. The Morgan fingerprint density at radius 2 is 2.12 bits per heavy atom. The average molecular weight is 349 g/mol. The fourth-order valence-electron chi connectivity index (χ4n) is 4.60. The lowest BCUT2D eigenvalue weighted by Crippen LogP contribution is -2.42. The van der Waals surface area contributed by atoms with Crippen LogP contribution in [0.5, 0.6) is 0 Å². The highest BCUT2D eigenvalue weighted by Crippen LogP contribution is 2.40. The lowest BCUT2D eigenvalue weighted by atomic mass is 9.74. The Labute approximate surface area is 153 Å². The Kier molecular flexibility index (Phi) is 4.16. The summed E-state index contributed by atoms with van der Waals surface area (Å²) in [6, 6.07) is 7.76. The van der Waals surface area contributed by atoms with E-state index in [9.17, 15) is 9.90 Å². The van der Waals surface area contributed by atoms with E-state index in [0.717, 1.165) is 48.5 Å². The molecule has 1 aromatic rings. The van der Waals surface area contributed by atoms with Crippen LogP contribution in [0.3, 0.4) is 0 Å². The zero-order valence-electron chi connectivity index (χ0n) is 15.0. The lowest BCUT2D eigenvalue weighted by molar-refractivity contribution is -0.122. The molecule has 0 aromatic heterocycles. The van der Waals surface area contributed by atoms with Crippen LogP contribution in [0.25, 0.3) is 4.85 Å². The molecule has 1 atom stereocenters. The highest BCUT2D eigenvalue weighted by Gasteiger charge is 2.43. The molecule has 1 fully saturated rings. The maximum absolute atomic E-state index is 11.9. The lowest BCUT2D eigenvalue weighted by Gasteiger charge is -2.37. The third kappa shape index (κ3) is 2.95. The monoisotopic (exact) mass is 349 g/mol. The van der Waals surface area contributed by atoms with E-state index in [1.165, 1.54) is 0 Å². The number of ketones is 1. The van der Waals surface area contributed by atoms with Gasteiger partial charge in [0.25, 0.3) is 0 Å². The molecular formula is C21H23N3O2. The highest BCUT2D eigenvalue weighted by molar-refractivity contribution is 6.08. The quantitative estimate of drug-likeness (QED) is 0.834. The normalized spacial score (nSPS) is 26.6. The van der Waals surface area contributed by atoms with E-state index in [2.05, 4.69) is 15.8 Å². The molecular weight excluding hydrogens is 326 g/mol. The number of nitrogens with zero attached hydrogens (tertiary/aromatic N) is 3. The predicted molar refractivity (Wildman–Crippen MR) is 102 cm³/mol. The van der Waals surface area contributed by atoms with Gasteiger partial charge < -0.3 is 10.0 Å². The molecule has 3 aliphatic rings. The molecule has 134 valence electrons. The number of carbonyl (C=O) groups excluding carboxylic acids is 1. The van der Waals surface area contributed by atoms with Gasteiger partial charge in [-0.15, -0.1) is 0 Å². The number of Topliss-reactive ketones (excluding diaryl/α,β-unsaturated/α-hetero) is 1. The van der Waals surface area contributed by atoms with Crippen LogP contribution in [0.2, 0.25) is 0 Å². The number of hydrogen-bond donors (Lipinski definition) is 1. The standard InChI is InChI=1S/C21H23N3O2/c1-21(26)12-18(25)10-15-13-23-20(19(15)21)14-6-8-24(9-7-14)17-5-3-4-16(11-17)22-2/h3-5,11,14,26H,6-10,12-13H2,1H3. The van der Waals surface area contributed by atoms with Crippen LogP contribution < -0.4 is 4.90 Å². The number of aliphatic imine (C=N–C) groups is 1. The second kappa shape index (κ2) is 6.37. The number of hydrogen-bond acceptors (Lipinski definition) is 4. The van der Waals surface area contributed by atoms with Crippen LogP contribution in [-0.2, 0) is 4.79 Å². The molecule has 0 amide bonds. The van der Waals surface area contributed by atoms with E-state index >= 15 is 0 Å². The van der Waals surface area contributed by atoms with Crippen molar-refractivity contribution >= 4 is 22.9 Å². The van der Waals surface area contributed by atoms with E-state index in [1.54, 1.807) is 6.92 Å². The molecule has 1 aliphatic carbocycles. The first-order valence-electron chi connectivity index (χ1n) is 9.22. The summed E-state index contributed by atoms with van der Waals surface area (Å²) in [5.41, 5.74) is 3.70. The molecule has 0 bridgehead atoms. The van der Waals surface area contributed by atoms with Crippen LogP contribution in [-0.4, -0.2) is 41.8 Å². The maximum atomic E-state index is 11.9. The molecule has 26 heavy (non-hydrogen) atoms. The summed E-state index contributed by atoms with van der Waals surface area (Å²) in [5, 5.41) is 10.8. The van der Waals surface area contributed by atoms with Gasteiger partial charge in [-0.05, 0) is 37.5 Å². The van der Waals surface area contributed by atoms with Crippen molar-refractivity contribution in [3.05, 3.63) is 46.8 Å². The van der Waals surface area contributed by atoms with Gasteiger partial charge in [-0.2, -0.15) is 0 Å². The fourth-order valence-corrected chi connectivity index (χ4v) is 4.60. The topological polar surface area (TPSA) is 57.3 Å². The van der Waals surface area contributed by atoms with Crippen molar-refractivity contribution in [2.75, 3.05) is 24.5 Å². The van der Waals surface area contributed by atoms with Gasteiger partial charge in [0.2, 0.25) is 0 Å². The van der Waals surface area contributed by atoms with Gasteiger partial charge in [-0.25, -0.2) is 4.85 Å². The number of rotatable bonds is 2. The second-order valence-electron chi connectivity index (χ2n) is 7.74. The molecule has 4 rings (SSSR count). The fraction of sp³-hybridized carbons (Fsp3) is 0.476. The van der Waals surface area contributed by atoms with Gasteiger partial charge in [0.1, 0.15) is 5.78 Å². The smallest absolute Gasteiger partial charge is 0.189 e. The van der Waals surface area contributed by atoms with Gasteiger partial charge in [-0.3, -0.25) is 9.79 Å². The number of carbonyl (C=O) groups is 1. The van der Waals surface area contributed by atoms with Crippen molar-refractivity contribution in [1.82, 2.24) is 0 Å². The summed E-state index contributed by atoms with van der Waals surface area (Å²) in [6.07, 6.45) is 2.59. The molecule has 1 aromatic carbocycles. The van der Waals surface area contributed by atoms with Crippen molar-refractivity contribution in [2.24, 2.45) is 10.9 Å². The third-order valence-corrected chi connectivity index (χ3v) is 5.75. The third-order valence-electron chi connectivity index (χ3n) is 5.75. The van der Waals surface area contributed by atoms with Gasteiger partial charge in [0.05, 0.1) is 18.7 Å². The SMILES string of the molecule is [C-]#[N+]c1cccc(N2CCC(C3=NCC4=C3C(C)(O)CC(=O)C4)CC2)c1. The first-order valence-corrected chi connectivity index (χ1v) is 9.22. The summed E-state index contributed by atoms with van der Waals surface area (Å²) in [4.78, 5) is 22.4. The number of benzene rings is 1. The van der Waals surface area contributed by atoms with Crippen molar-refractivity contribution in [1.29, 1.82) is 0 Å². The summed E-state index contributed by atoms with van der Waals surface area (Å²) in [6.45, 7) is 11.3. The van der Waals surface area contributed by atoms with Gasteiger partial charge in [0.15, 0.2) is 5.69 Å². The van der Waals surface area contributed by atoms with Crippen molar-refractivity contribution in [3.8, 4) is 0 Å². The molecule has 0 radical (unpaired) electrons. The maximum Gasteiger partial charge on any atom is 0.189 e. The van der Waals surface area contributed by atoms with Gasteiger partial charge in [0, 0.05) is 48.8 Å². The zero-order valence-corrected chi connectivity index (χ0v) is 15.0. The van der Waals surface area contributed by atoms with E-state index in [4.69, 9.17) is 11.6 Å². The van der Waals surface area contributed by atoms with E-state index in [1.807, 2.05) is 18.2 Å². The first kappa shape index (κ1) is 17.0. The second-order valence-corrected chi connectivity index (χ2v) is 7.74. The molecule has 5 heteroatoms. The largest absolute Gasteiger partial charge is 0.385 e. The minimum atomic E-state index is -1.07. The molecule has 2 aliphatic heterocycles.